The Morgan fingerprint density at radius 1 is 0.903 bits per heavy atom. The van der Waals surface area contributed by atoms with Gasteiger partial charge in [0.1, 0.15) is 5.75 Å². The quantitative estimate of drug-likeness (QED) is 0.407. The van der Waals surface area contributed by atoms with Crippen LogP contribution in [-0.4, -0.2) is 23.5 Å². The molecule has 31 heavy (non-hydrogen) atoms. The van der Waals surface area contributed by atoms with Crippen molar-refractivity contribution < 1.29 is 14.3 Å². The Bertz CT molecular complexity index is 1090. The standard InChI is InChI=1S/C24H25N3O3S/c1-16(2)19-11-5-6-13-21(19)30-15-23(29)26-27-24(31)25-22(28)14-18-10-7-9-17-8-3-4-12-20(17)18/h3-13,16H,14-15H2,1-2H3,(H,26,29)(H2,25,27,28,31). The minimum atomic E-state index is -0.413. The molecule has 0 fully saturated rings. The number of hydrazine groups is 1. The molecule has 0 aliphatic heterocycles. The van der Waals surface area contributed by atoms with Crippen molar-refractivity contribution in [2.24, 2.45) is 0 Å². The molecular formula is C24H25N3O3S. The summed E-state index contributed by atoms with van der Waals surface area (Å²) in [6.07, 6.45) is 0.173. The molecule has 0 saturated heterocycles. The number of benzene rings is 3. The van der Waals surface area contributed by atoms with Crippen LogP contribution in [0, 0.1) is 0 Å². The Morgan fingerprint density at radius 3 is 2.42 bits per heavy atom. The van der Waals surface area contributed by atoms with Gasteiger partial charge in [-0.1, -0.05) is 74.5 Å². The maximum absolute atomic E-state index is 12.3. The lowest BCUT2D eigenvalue weighted by Gasteiger charge is -2.14. The van der Waals surface area contributed by atoms with Gasteiger partial charge in [0.25, 0.3) is 5.91 Å². The van der Waals surface area contributed by atoms with Crippen LogP contribution in [0.3, 0.4) is 0 Å². The normalized spacial score (nSPS) is 10.5. The highest BCUT2D eigenvalue weighted by molar-refractivity contribution is 7.80. The molecule has 0 radical (unpaired) electrons. The summed E-state index contributed by atoms with van der Waals surface area (Å²) in [4.78, 5) is 24.4. The van der Waals surface area contributed by atoms with E-state index >= 15 is 0 Å². The van der Waals surface area contributed by atoms with Crippen LogP contribution < -0.4 is 20.9 Å². The zero-order valence-corrected chi connectivity index (χ0v) is 18.3. The molecule has 160 valence electrons. The predicted molar refractivity (Wildman–Crippen MR) is 126 cm³/mol. The van der Waals surface area contributed by atoms with Crippen molar-refractivity contribution in [3.8, 4) is 5.75 Å². The monoisotopic (exact) mass is 435 g/mol. The summed E-state index contributed by atoms with van der Waals surface area (Å²) in [6.45, 7) is 3.94. The summed E-state index contributed by atoms with van der Waals surface area (Å²) < 4.78 is 5.61. The molecule has 0 unspecified atom stereocenters. The van der Waals surface area contributed by atoms with Crippen LogP contribution in [0.25, 0.3) is 10.8 Å². The molecule has 0 bridgehead atoms. The molecule has 3 N–H and O–H groups in total. The van der Waals surface area contributed by atoms with Gasteiger partial charge in [-0.15, -0.1) is 0 Å². The molecule has 7 heteroatoms. The van der Waals surface area contributed by atoms with E-state index in [1.165, 1.54) is 0 Å². The first-order valence-corrected chi connectivity index (χ1v) is 10.4. The second-order valence-electron chi connectivity index (χ2n) is 7.35. The van der Waals surface area contributed by atoms with Crippen molar-refractivity contribution in [1.82, 2.24) is 16.2 Å². The number of carbonyl (C=O) groups is 2. The van der Waals surface area contributed by atoms with Crippen molar-refractivity contribution in [3.05, 3.63) is 77.9 Å². The number of ether oxygens (including phenoxy) is 1. The third-order valence-electron chi connectivity index (χ3n) is 4.70. The molecule has 0 saturated carbocycles. The van der Waals surface area contributed by atoms with E-state index in [0.717, 1.165) is 21.9 Å². The maximum atomic E-state index is 12.3. The number of thiocarbonyl (C=S) groups is 1. The first-order chi connectivity index (χ1) is 14.9. The average Bonchev–Trinajstić information content (AvgIpc) is 2.76. The van der Waals surface area contributed by atoms with Crippen LogP contribution in [0.5, 0.6) is 5.75 Å². The largest absolute Gasteiger partial charge is 0.483 e. The molecule has 2 amide bonds. The van der Waals surface area contributed by atoms with Crippen molar-refractivity contribution in [2.75, 3.05) is 6.61 Å². The molecular weight excluding hydrogens is 410 g/mol. The fraction of sp³-hybridized carbons (Fsp3) is 0.208. The van der Waals surface area contributed by atoms with Gasteiger partial charge in [0, 0.05) is 0 Å². The van der Waals surface area contributed by atoms with Gasteiger partial charge in [0.05, 0.1) is 6.42 Å². The molecule has 3 rings (SSSR count). The van der Waals surface area contributed by atoms with E-state index in [4.69, 9.17) is 17.0 Å². The number of para-hydroxylation sites is 1. The van der Waals surface area contributed by atoms with Crippen molar-refractivity contribution >= 4 is 39.9 Å². The second-order valence-corrected chi connectivity index (χ2v) is 7.75. The lowest BCUT2D eigenvalue weighted by Crippen LogP contribution is -2.50. The summed E-state index contributed by atoms with van der Waals surface area (Å²) in [5, 5.41) is 4.68. The highest BCUT2D eigenvalue weighted by Gasteiger charge is 2.11. The van der Waals surface area contributed by atoms with Crippen LogP contribution >= 0.6 is 12.2 Å². The van der Waals surface area contributed by atoms with Gasteiger partial charge in [0.2, 0.25) is 5.91 Å². The zero-order chi connectivity index (χ0) is 22.2. The van der Waals surface area contributed by atoms with Crippen molar-refractivity contribution in [3.63, 3.8) is 0 Å². The highest BCUT2D eigenvalue weighted by Crippen LogP contribution is 2.25. The average molecular weight is 436 g/mol. The van der Waals surface area contributed by atoms with Gasteiger partial charge in [0.15, 0.2) is 11.7 Å². The number of rotatable bonds is 6. The van der Waals surface area contributed by atoms with E-state index in [1.807, 2.05) is 66.7 Å². The third-order valence-corrected chi connectivity index (χ3v) is 4.90. The van der Waals surface area contributed by atoms with Gasteiger partial charge in [-0.25, -0.2) is 0 Å². The Hall–Kier alpha value is -3.45. The van der Waals surface area contributed by atoms with Crippen LogP contribution in [0.15, 0.2) is 66.7 Å². The molecule has 0 aromatic heterocycles. The van der Waals surface area contributed by atoms with Crippen LogP contribution in [-0.2, 0) is 16.0 Å². The van der Waals surface area contributed by atoms with E-state index in [0.29, 0.717) is 5.75 Å². The van der Waals surface area contributed by atoms with Crippen LogP contribution in [0.2, 0.25) is 0 Å². The number of nitrogens with one attached hydrogen (secondary N) is 3. The Morgan fingerprint density at radius 2 is 1.61 bits per heavy atom. The van der Waals surface area contributed by atoms with E-state index in [1.54, 1.807) is 0 Å². The molecule has 3 aromatic carbocycles. The van der Waals surface area contributed by atoms with E-state index in [9.17, 15) is 9.59 Å². The lowest BCUT2D eigenvalue weighted by atomic mass is 10.0. The SMILES string of the molecule is CC(C)c1ccccc1OCC(=O)NNC(=S)NC(=O)Cc1cccc2ccccc12. The maximum Gasteiger partial charge on any atom is 0.276 e. The molecule has 0 aliphatic carbocycles. The number of amides is 2. The van der Waals surface area contributed by atoms with E-state index in [-0.39, 0.29) is 30.0 Å². The topological polar surface area (TPSA) is 79.5 Å². The van der Waals surface area contributed by atoms with Gasteiger partial charge in [-0.3, -0.25) is 20.4 Å². The van der Waals surface area contributed by atoms with Crippen molar-refractivity contribution in [2.45, 2.75) is 26.2 Å². The minimum Gasteiger partial charge on any atom is -0.483 e. The smallest absolute Gasteiger partial charge is 0.276 e. The first-order valence-electron chi connectivity index (χ1n) is 10.0. The van der Waals surface area contributed by atoms with Crippen LogP contribution in [0.1, 0.15) is 30.9 Å². The lowest BCUT2D eigenvalue weighted by molar-refractivity contribution is -0.124. The fourth-order valence-corrected chi connectivity index (χ4v) is 3.38. The molecule has 3 aromatic rings. The number of fused-ring (bicyclic) bond motifs is 1. The molecule has 0 spiro atoms. The Kier molecular flexibility index (Phi) is 7.56. The number of carbonyl (C=O) groups excluding carboxylic acids is 2. The third kappa shape index (κ3) is 6.26. The van der Waals surface area contributed by atoms with E-state index < -0.39 is 5.91 Å². The summed E-state index contributed by atoms with van der Waals surface area (Å²) >= 11 is 5.09. The van der Waals surface area contributed by atoms with E-state index in [2.05, 4.69) is 30.0 Å². The summed E-state index contributed by atoms with van der Waals surface area (Å²) in [5.41, 5.74) is 6.89. The predicted octanol–water partition coefficient (Wildman–Crippen LogP) is 3.61. The number of hydrogen-bond acceptors (Lipinski definition) is 4. The molecule has 0 aliphatic rings. The molecule has 0 atom stereocenters. The fourth-order valence-electron chi connectivity index (χ4n) is 3.22. The van der Waals surface area contributed by atoms with Gasteiger partial charge < -0.3 is 10.1 Å². The van der Waals surface area contributed by atoms with Gasteiger partial charge in [-0.05, 0) is 46.1 Å². The number of hydrogen-bond donors (Lipinski definition) is 3. The molecule has 0 heterocycles. The van der Waals surface area contributed by atoms with Gasteiger partial charge >= 0.3 is 0 Å². The summed E-state index contributed by atoms with van der Waals surface area (Å²) in [6, 6.07) is 21.3. The van der Waals surface area contributed by atoms with Crippen LogP contribution in [0.4, 0.5) is 0 Å². The minimum absolute atomic E-state index is 0.0150. The van der Waals surface area contributed by atoms with Crippen molar-refractivity contribution in [1.29, 1.82) is 0 Å². The summed E-state index contributed by atoms with van der Waals surface area (Å²) in [7, 11) is 0. The second kappa shape index (κ2) is 10.5. The summed E-state index contributed by atoms with van der Waals surface area (Å²) in [5.74, 6) is 0.259. The highest BCUT2D eigenvalue weighted by atomic mass is 32.1. The molecule has 6 nitrogen and oxygen atoms in total. The first kappa shape index (κ1) is 22.2. The van der Waals surface area contributed by atoms with Gasteiger partial charge in [-0.2, -0.15) is 0 Å². The zero-order valence-electron chi connectivity index (χ0n) is 17.5. The Labute approximate surface area is 187 Å². The Balaban J connectivity index is 1.45.